The highest BCUT2D eigenvalue weighted by Crippen LogP contribution is 2.33. The number of phenols is 1. The van der Waals surface area contributed by atoms with E-state index in [1.807, 2.05) is 18.2 Å². The summed E-state index contributed by atoms with van der Waals surface area (Å²) in [7, 11) is 0. The van der Waals surface area contributed by atoms with Crippen LogP contribution in [-0.2, 0) is 4.79 Å². The lowest BCUT2D eigenvalue weighted by atomic mass is 9.90. The molecule has 0 aromatic heterocycles. The molecule has 1 aliphatic rings. The van der Waals surface area contributed by atoms with E-state index in [0.717, 1.165) is 5.39 Å². The van der Waals surface area contributed by atoms with Crippen LogP contribution in [0.15, 0.2) is 36.4 Å². The van der Waals surface area contributed by atoms with Crippen molar-refractivity contribution in [3.63, 3.8) is 0 Å². The smallest absolute Gasteiger partial charge is 0.233 e. The highest BCUT2D eigenvalue weighted by atomic mass is 16.3. The number of aromatic hydroxyl groups is 1. The Kier molecular flexibility index (Phi) is 1.89. The van der Waals surface area contributed by atoms with Crippen LogP contribution in [0.3, 0.4) is 0 Å². The van der Waals surface area contributed by atoms with E-state index in [-0.39, 0.29) is 11.3 Å². The summed E-state index contributed by atoms with van der Waals surface area (Å²) < 4.78 is 0. The van der Waals surface area contributed by atoms with Gasteiger partial charge in [0, 0.05) is 10.9 Å². The van der Waals surface area contributed by atoms with E-state index in [9.17, 15) is 14.7 Å². The Morgan fingerprint density at radius 3 is 2.41 bits per heavy atom. The number of hydrogen-bond donors (Lipinski definition) is 1. The standard InChI is InChI=1S/C14H8O3/c15-12-6-5-9-8-3-1-2-4-10(8)13(16)7-11(9)14(12)17/h1-7,16H. The second kappa shape index (κ2) is 3.28. The van der Waals surface area contributed by atoms with Crippen molar-refractivity contribution >= 4 is 28.4 Å². The summed E-state index contributed by atoms with van der Waals surface area (Å²) in [5, 5.41) is 11.3. The van der Waals surface area contributed by atoms with E-state index < -0.39 is 11.6 Å². The average Bonchev–Trinajstić information content (AvgIpc) is 2.35. The maximum absolute atomic E-state index is 11.7. The van der Waals surface area contributed by atoms with E-state index in [0.29, 0.717) is 10.9 Å². The molecule has 3 heteroatoms. The van der Waals surface area contributed by atoms with Gasteiger partial charge in [-0.3, -0.25) is 9.59 Å². The van der Waals surface area contributed by atoms with Crippen molar-refractivity contribution < 1.29 is 14.7 Å². The van der Waals surface area contributed by atoms with Crippen LogP contribution in [0.25, 0.3) is 16.8 Å². The number of benzene rings is 2. The molecule has 82 valence electrons. The number of rotatable bonds is 0. The number of hydrogen-bond acceptors (Lipinski definition) is 3. The molecule has 3 rings (SSSR count). The number of allylic oxidation sites excluding steroid dienone is 1. The van der Waals surface area contributed by atoms with Crippen molar-refractivity contribution in [2.75, 3.05) is 0 Å². The normalized spacial score (nSPS) is 14.1. The molecule has 0 aliphatic heterocycles. The van der Waals surface area contributed by atoms with Gasteiger partial charge in [-0.05, 0) is 29.2 Å². The molecular formula is C14H8O3. The summed E-state index contributed by atoms with van der Waals surface area (Å²) in [5.41, 5.74) is 0.969. The Bertz CT molecular complexity index is 696. The van der Waals surface area contributed by atoms with Gasteiger partial charge in [-0.1, -0.05) is 24.3 Å². The third-order valence-corrected chi connectivity index (χ3v) is 2.93. The van der Waals surface area contributed by atoms with Gasteiger partial charge in [-0.15, -0.1) is 0 Å². The third-order valence-electron chi connectivity index (χ3n) is 2.93. The number of carbonyl (C=O) groups excluding carboxylic acids is 2. The van der Waals surface area contributed by atoms with Crippen molar-refractivity contribution in [3.8, 4) is 5.75 Å². The molecule has 0 heterocycles. The lowest BCUT2D eigenvalue weighted by Gasteiger charge is -2.12. The van der Waals surface area contributed by atoms with Gasteiger partial charge in [0.25, 0.3) is 0 Å². The zero-order chi connectivity index (χ0) is 12.0. The predicted octanol–water partition coefficient (Wildman–Crippen LogP) is 2.32. The molecule has 0 atom stereocenters. The SMILES string of the molecule is O=C1C=Cc2c(cc(O)c3ccccc23)C1=O. The van der Waals surface area contributed by atoms with Gasteiger partial charge in [0.2, 0.25) is 11.6 Å². The van der Waals surface area contributed by atoms with E-state index in [1.165, 1.54) is 12.1 Å². The zero-order valence-electron chi connectivity index (χ0n) is 8.81. The van der Waals surface area contributed by atoms with E-state index in [2.05, 4.69) is 0 Å². The average molecular weight is 224 g/mol. The number of fused-ring (bicyclic) bond motifs is 3. The van der Waals surface area contributed by atoms with Crippen LogP contribution >= 0.6 is 0 Å². The lowest BCUT2D eigenvalue weighted by Crippen LogP contribution is -2.16. The van der Waals surface area contributed by atoms with Crippen molar-refractivity contribution in [3.05, 3.63) is 47.5 Å². The molecule has 0 amide bonds. The zero-order valence-corrected chi connectivity index (χ0v) is 8.81. The minimum absolute atomic E-state index is 0.0239. The Balaban J connectivity index is 2.48. The van der Waals surface area contributed by atoms with E-state index in [4.69, 9.17) is 0 Å². The highest BCUT2D eigenvalue weighted by molar-refractivity contribution is 6.50. The largest absolute Gasteiger partial charge is 0.507 e. The third kappa shape index (κ3) is 1.29. The first-order chi connectivity index (χ1) is 8.18. The van der Waals surface area contributed by atoms with E-state index >= 15 is 0 Å². The van der Waals surface area contributed by atoms with Crippen LogP contribution in [0.4, 0.5) is 0 Å². The molecule has 0 radical (unpaired) electrons. The molecule has 2 aromatic carbocycles. The fourth-order valence-corrected chi connectivity index (χ4v) is 2.11. The lowest BCUT2D eigenvalue weighted by molar-refractivity contribution is -0.110. The summed E-state index contributed by atoms with van der Waals surface area (Å²) in [5.74, 6) is -1.09. The quantitative estimate of drug-likeness (QED) is 0.699. The maximum atomic E-state index is 11.7. The minimum Gasteiger partial charge on any atom is -0.507 e. The van der Waals surface area contributed by atoms with Crippen LogP contribution in [-0.4, -0.2) is 16.7 Å². The van der Waals surface area contributed by atoms with Gasteiger partial charge >= 0.3 is 0 Å². The fourth-order valence-electron chi connectivity index (χ4n) is 2.11. The van der Waals surface area contributed by atoms with Gasteiger partial charge < -0.3 is 5.11 Å². The van der Waals surface area contributed by atoms with Crippen LogP contribution in [0.2, 0.25) is 0 Å². The van der Waals surface area contributed by atoms with Crippen molar-refractivity contribution in [1.29, 1.82) is 0 Å². The van der Waals surface area contributed by atoms with Crippen LogP contribution in [0.1, 0.15) is 15.9 Å². The van der Waals surface area contributed by atoms with Gasteiger partial charge in [0.1, 0.15) is 5.75 Å². The highest BCUT2D eigenvalue weighted by Gasteiger charge is 2.23. The molecule has 0 bridgehead atoms. The Morgan fingerprint density at radius 2 is 1.65 bits per heavy atom. The first kappa shape index (κ1) is 9.78. The summed E-state index contributed by atoms with van der Waals surface area (Å²) >= 11 is 0. The first-order valence-corrected chi connectivity index (χ1v) is 5.20. The molecule has 0 spiro atoms. The summed E-state index contributed by atoms with van der Waals surface area (Å²) in [4.78, 5) is 23.0. The van der Waals surface area contributed by atoms with Gasteiger partial charge in [0.15, 0.2) is 0 Å². The van der Waals surface area contributed by atoms with Crippen molar-refractivity contribution in [1.82, 2.24) is 0 Å². The van der Waals surface area contributed by atoms with Gasteiger partial charge in [-0.2, -0.15) is 0 Å². The van der Waals surface area contributed by atoms with Crippen LogP contribution in [0.5, 0.6) is 5.75 Å². The number of Topliss-reactive ketones (excluding diaryl/α,β-unsaturated/α-hetero) is 1. The summed E-state index contributed by atoms with van der Waals surface area (Å²) in [6.07, 6.45) is 2.90. The molecule has 0 saturated heterocycles. The monoisotopic (exact) mass is 224 g/mol. The van der Waals surface area contributed by atoms with Crippen molar-refractivity contribution in [2.24, 2.45) is 0 Å². The van der Waals surface area contributed by atoms with Gasteiger partial charge in [0.05, 0.1) is 0 Å². The molecule has 17 heavy (non-hydrogen) atoms. The molecule has 1 N–H and O–H groups in total. The second-order valence-corrected chi connectivity index (χ2v) is 3.93. The molecule has 1 aliphatic carbocycles. The predicted molar refractivity (Wildman–Crippen MR) is 64.0 cm³/mol. The van der Waals surface area contributed by atoms with Crippen LogP contribution in [0, 0.1) is 0 Å². The number of carbonyl (C=O) groups is 2. The topological polar surface area (TPSA) is 54.4 Å². The molecule has 3 nitrogen and oxygen atoms in total. The summed E-state index contributed by atoms with van der Waals surface area (Å²) in [6, 6.07) is 8.60. The Hall–Kier alpha value is -2.42. The Labute approximate surface area is 97.0 Å². The molecule has 2 aromatic rings. The molecule has 0 unspecified atom stereocenters. The maximum Gasteiger partial charge on any atom is 0.233 e. The molecular weight excluding hydrogens is 216 g/mol. The van der Waals surface area contributed by atoms with Crippen molar-refractivity contribution in [2.45, 2.75) is 0 Å². The molecule has 0 saturated carbocycles. The Morgan fingerprint density at radius 1 is 0.941 bits per heavy atom. The number of ketones is 2. The second-order valence-electron chi connectivity index (χ2n) is 3.93. The summed E-state index contributed by atoms with van der Waals surface area (Å²) in [6.45, 7) is 0. The van der Waals surface area contributed by atoms with E-state index in [1.54, 1.807) is 12.1 Å². The minimum atomic E-state index is -0.566. The number of phenolic OH excluding ortho intramolecular Hbond substituents is 1. The fraction of sp³-hybridized carbons (Fsp3) is 0. The first-order valence-electron chi connectivity index (χ1n) is 5.20. The van der Waals surface area contributed by atoms with Crippen LogP contribution < -0.4 is 0 Å². The molecule has 0 fully saturated rings. The van der Waals surface area contributed by atoms with Gasteiger partial charge in [-0.25, -0.2) is 0 Å².